The Bertz CT molecular complexity index is 851. The zero-order chi connectivity index (χ0) is 18.7. The molecule has 0 aromatic heterocycles. The molecule has 1 atom stereocenters. The van der Waals surface area contributed by atoms with Crippen molar-refractivity contribution in [1.82, 2.24) is 10.9 Å². The summed E-state index contributed by atoms with van der Waals surface area (Å²) >= 11 is 3.29. The van der Waals surface area contributed by atoms with Crippen LogP contribution in [0.1, 0.15) is 22.3 Å². The van der Waals surface area contributed by atoms with Crippen molar-refractivity contribution in [3.05, 3.63) is 64.1 Å². The molecule has 26 heavy (non-hydrogen) atoms. The van der Waals surface area contributed by atoms with E-state index in [1.165, 1.54) is 0 Å². The highest BCUT2D eigenvalue weighted by Gasteiger charge is 2.35. The Morgan fingerprint density at radius 3 is 2.54 bits per heavy atom. The summed E-state index contributed by atoms with van der Waals surface area (Å²) < 4.78 is 0.770. The van der Waals surface area contributed by atoms with Crippen LogP contribution in [0.2, 0.25) is 0 Å². The molecule has 0 aliphatic carbocycles. The second-order valence-electron chi connectivity index (χ2n) is 6.19. The fraction of sp³-hybridized carbons (Fsp3) is 0.211. The normalized spacial score (nSPS) is 16.5. The van der Waals surface area contributed by atoms with Gasteiger partial charge in [0.25, 0.3) is 5.91 Å². The largest absolute Gasteiger partial charge is 0.312 e. The molecule has 134 valence electrons. The Hall–Kier alpha value is -2.67. The number of benzene rings is 2. The number of nitrogens with zero attached hydrogens (tertiary/aromatic N) is 1. The maximum absolute atomic E-state index is 12.3. The van der Waals surface area contributed by atoms with E-state index in [1.807, 2.05) is 31.2 Å². The average molecular weight is 416 g/mol. The van der Waals surface area contributed by atoms with Gasteiger partial charge in [0.2, 0.25) is 11.8 Å². The number of halogens is 1. The first-order valence-electron chi connectivity index (χ1n) is 8.17. The first-order valence-corrected chi connectivity index (χ1v) is 8.96. The SMILES string of the molecule is Cc1ccc(N2C[C@@H](C(=O)NNC(=O)c3cccc(Br)c3)CC2=O)cc1. The van der Waals surface area contributed by atoms with Gasteiger partial charge in [0, 0.05) is 28.7 Å². The van der Waals surface area contributed by atoms with Gasteiger partial charge in [-0.1, -0.05) is 39.7 Å². The van der Waals surface area contributed by atoms with Gasteiger partial charge in [-0.25, -0.2) is 0 Å². The predicted octanol–water partition coefficient (Wildman–Crippen LogP) is 2.57. The monoisotopic (exact) mass is 415 g/mol. The molecule has 1 aliphatic rings. The molecular weight excluding hydrogens is 398 g/mol. The zero-order valence-corrected chi connectivity index (χ0v) is 15.7. The van der Waals surface area contributed by atoms with Gasteiger partial charge in [0.1, 0.15) is 0 Å². The maximum Gasteiger partial charge on any atom is 0.269 e. The lowest BCUT2D eigenvalue weighted by atomic mass is 10.1. The Kier molecular flexibility index (Phi) is 5.37. The van der Waals surface area contributed by atoms with Crippen molar-refractivity contribution in [1.29, 1.82) is 0 Å². The fourth-order valence-corrected chi connectivity index (χ4v) is 3.18. The van der Waals surface area contributed by atoms with E-state index in [0.717, 1.165) is 15.7 Å². The van der Waals surface area contributed by atoms with E-state index in [2.05, 4.69) is 26.8 Å². The third kappa shape index (κ3) is 4.11. The lowest BCUT2D eigenvalue weighted by Gasteiger charge is -2.17. The van der Waals surface area contributed by atoms with Crippen LogP contribution in [0, 0.1) is 12.8 Å². The molecule has 7 heteroatoms. The summed E-state index contributed by atoms with van der Waals surface area (Å²) in [5.74, 6) is -1.41. The highest BCUT2D eigenvalue weighted by Crippen LogP contribution is 2.25. The molecule has 3 amide bonds. The third-order valence-electron chi connectivity index (χ3n) is 4.23. The van der Waals surface area contributed by atoms with Gasteiger partial charge >= 0.3 is 0 Å². The van der Waals surface area contributed by atoms with Gasteiger partial charge in [0.15, 0.2) is 0 Å². The molecule has 6 nitrogen and oxygen atoms in total. The van der Waals surface area contributed by atoms with E-state index < -0.39 is 11.8 Å². The number of carbonyl (C=O) groups excluding carboxylic acids is 3. The molecule has 1 saturated heterocycles. The molecule has 1 fully saturated rings. The van der Waals surface area contributed by atoms with Crippen LogP contribution in [0.15, 0.2) is 53.0 Å². The van der Waals surface area contributed by atoms with Crippen LogP contribution in [-0.2, 0) is 9.59 Å². The molecule has 2 aromatic rings. The van der Waals surface area contributed by atoms with Crippen molar-refractivity contribution in [2.45, 2.75) is 13.3 Å². The summed E-state index contributed by atoms with van der Waals surface area (Å²) in [4.78, 5) is 38.2. The Balaban J connectivity index is 1.58. The van der Waals surface area contributed by atoms with Crippen LogP contribution < -0.4 is 15.8 Å². The number of rotatable bonds is 3. The summed E-state index contributed by atoms with van der Waals surface area (Å²) in [5, 5.41) is 0. The predicted molar refractivity (Wildman–Crippen MR) is 101 cm³/mol. The fourth-order valence-electron chi connectivity index (χ4n) is 2.78. The first kappa shape index (κ1) is 18.1. The minimum atomic E-state index is -0.508. The van der Waals surface area contributed by atoms with Gasteiger partial charge in [0.05, 0.1) is 5.92 Å². The number of hydrazine groups is 1. The van der Waals surface area contributed by atoms with Crippen LogP contribution in [0.25, 0.3) is 0 Å². The molecule has 0 saturated carbocycles. The van der Waals surface area contributed by atoms with Gasteiger partial charge in [-0.15, -0.1) is 0 Å². The van der Waals surface area contributed by atoms with E-state index in [4.69, 9.17) is 0 Å². The van der Waals surface area contributed by atoms with Gasteiger partial charge in [-0.2, -0.15) is 0 Å². The van der Waals surface area contributed by atoms with Crippen molar-refractivity contribution in [3.8, 4) is 0 Å². The topological polar surface area (TPSA) is 78.5 Å². The lowest BCUT2D eigenvalue weighted by Crippen LogP contribution is -2.45. The molecule has 0 radical (unpaired) electrons. The van der Waals surface area contributed by atoms with E-state index >= 15 is 0 Å². The van der Waals surface area contributed by atoms with Crippen LogP contribution in [0.4, 0.5) is 5.69 Å². The van der Waals surface area contributed by atoms with Crippen LogP contribution in [0.3, 0.4) is 0 Å². The summed E-state index contributed by atoms with van der Waals surface area (Å²) in [7, 11) is 0. The second kappa shape index (κ2) is 7.70. The number of aryl methyl sites for hydroxylation is 1. The second-order valence-corrected chi connectivity index (χ2v) is 7.11. The van der Waals surface area contributed by atoms with Crippen LogP contribution in [-0.4, -0.2) is 24.3 Å². The number of hydrogen-bond donors (Lipinski definition) is 2. The van der Waals surface area contributed by atoms with E-state index in [-0.39, 0.29) is 18.2 Å². The molecule has 2 N–H and O–H groups in total. The highest BCUT2D eigenvalue weighted by molar-refractivity contribution is 9.10. The number of anilines is 1. The average Bonchev–Trinajstić information content (AvgIpc) is 3.02. The van der Waals surface area contributed by atoms with E-state index in [0.29, 0.717) is 12.1 Å². The molecule has 0 bridgehead atoms. The maximum atomic E-state index is 12.3. The van der Waals surface area contributed by atoms with Crippen molar-refractivity contribution in [2.24, 2.45) is 5.92 Å². The summed E-state index contributed by atoms with van der Waals surface area (Å²) in [6.45, 7) is 2.26. The van der Waals surface area contributed by atoms with Crippen molar-refractivity contribution >= 4 is 39.3 Å². The molecule has 3 rings (SSSR count). The molecule has 0 spiro atoms. The quantitative estimate of drug-likeness (QED) is 0.756. The number of nitrogens with one attached hydrogen (secondary N) is 2. The van der Waals surface area contributed by atoms with Crippen molar-refractivity contribution in [2.75, 3.05) is 11.4 Å². The molecule has 1 heterocycles. The van der Waals surface area contributed by atoms with E-state index in [1.54, 1.807) is 29.2 Å². The van der Waals surface area contributed by atoms with Gasteiger partial charge < -0.3 is 4.90 Å². The highest BCUT2D eigenvalue weighted by atomic mass is 79.9. The third-order valence-corrected chi connectivity index (χ3v) is 4.72. The van der Waals surface area contributed by atoms with E-state index in [9.17, 15) is 14.4 Å². The van der Waals surface area contributed by atoms with Crippen LogP contribution >= 0.6 is 15.9 Å². The first-order chi connectivity index (χ1) is 12.4. The van der Waals surface area contributed by atoms with Crippen molar-refractivity contribution in [3.63, 3.8) is 0 Å². The minimum Gasteiger partial charge on any atom is -0.312 e. The molecule has 0 unspecified atom stereocenters. The Morgan fingerprint density at radius 2 is 1.85 bits per heavy atom. The van der Waals surface area contributed by atoms with Crippen molar-refractivity contribution < 1.29 is 14.4 Å². The summed E-state index contributed by atoms with van der Waals surface area (Å²) in [6.07, 6.45) is 0.118. The van der Waals surface area contributed by atoms with Gasteiger partial charge in [-0.05, 0) is 37.3 Å². The zero-order valence-electron chi connectivity index (χ0n) is 14.2. The number of hydrogen-bond acceptors (Lipinski definition) is 3. The number of carbonyl (C=O) groups is 3. The van der Waals surface area contributed by atoms with Gasteiger partial charge in [-0.3, -0.25) is 25.2 Å². The molecule has 1 aliphatic heterocycles. The lowest BCUT2D eigenvalue weighted by molar-refractivity contribution is -0.126. The van der Waals surface area contributed by atoms with Crippen LogP contribution in [0.5, 0.6) is 0 Å². The standard InChI is InChI=1S/C19H18BrN3O3/c1-12-5-7-16(8-6-12)23-11-14(10-17(23)24)19(26)22-21-18(25)13-3-2-4-15(20)9-13/h2-9,14H,10-11H2,1H3,(H,21,25)(H,22,26)/t14-/m0/s1. The summed E-state index contributed by atoms with van der Waals surface area (Å²) in [5.41, 5.74) is 7.10. The Labute approximate surface area is 159 Å². The number of amides is 3. The smallest absolute Gasteiger partial charge is 0.269 e. The molecular formula is C19H18BrN3O3. The summed E-state index contributed by atoms with van der Waals surface area (Å²) in [6, 6.07) is 14.4. The minimum absolute atomic E-state index is 0.104. The molecule has 2 aromatic carbocycles. The Morgan fingerprint density at radius 1 is 1.12 bits per heavy atom.